The van der Waals surface area contributed by atoms with Crippen LogP contribution in [0.3, 0.4) is 0 Å². The number of carbonyl (C=O) groups is 1. The van der Waals surface area contributed by atoms with Crippen molar-refractivity contribution in [2.75, 3.05) is 23.5 Å². The highest BCUT2D eigenvalue weighted by Gasteiger charge is 2.10. The number of aryl methyl sites for hydroxylation is 1. The second-order valence-electron chi connectivity index (χ2n) is 4.47. The third-order valence-electron chi connectivity index (χ3n) is 2.96. The summed E-state index contributed by atoms with van der Waals surface area (Å²) >= 11 is 3.40. The minimum Gasteiger partial charge on any atom is -0.495 e. The summed E-state index contributed by atoms with van der Waals surface area (Å²) in [5, 5.41) is 5.48. The second kappa shape index (κ2) is 6.49. The average molecular weight is 350 g/mol. The van der Waals surface area contributed by atoms with Gasteiger partial charge in [0, 0.05) is 10.2 Å². The van der Waals surface area contributed by atoms with Crippen LogP contribution in [0.5, 0.6) is 5.75 Å². The molecule has 0 heterocycles. The first-order valence-corrected chi connectivity index (χ1v) is 7.07. The standard InChI is InChI=1S/C15H16BrN3O2/c1-9-7-10(16)13(8-11(9)17)19-15(20)18-12-5-3-4-6-14(12)21-2/h3-8H,17H2,1-2H3,(H2,18,19,20). The third-order valence-corrected chi connectivity index (χ3v) is 3.62. The number of rotatable bonds is 3. The lowest BCUT2D eigenvalue weighted by molar-refractivity contribution is 0.262. The van der Waals surface area contributed by atoms with Crippen molar-refractivity contribution in [3.8, 4) is 5.75 Å². The Morgan fingerprint density at radius 3 is 2.57 bits per heavy atom. The zero-order valence-electron chi connectivity index (χ0n) is 11.7. The molecule has 5 nitrogen and oxygen atoms in total. The van der Waals surface area contributed by atoms with Gasteiger partial charge in [-0.05, 0) is 52.7 Å². The molecule has 0 aromatic heterocycles. The lowest BCUT2D eigenvalue weighted by Crippen LogP contribution is -2.20. The van der Waals surface area contributed by atoms with Gasteiger partial charge < -0.3 is 21.1 Å². The molecule has 4 N–H and O–H groups in total. The third kappa shape index (κ3) is 3.66. The van der Waals surface area contributed by atoms with Crippen molar-refractivity contribution in [3.63, 3.8) is 0 Å². The van der Waals surface area contributed by atoms with Crippen LogP contribution in [0.4, 0.5) is 21.9 Å². The summed E-state index contributed by atoms with van der Waals surface area (Å²) in [5.41, 5.74) is 8.60. The van der Waals surface area contributed by atoms with Gasteiger partial charge in [0.1, 0.15) is 5.75 Å². The molecule has 0 aliphatic carbocycles. The highest BCUT2D eigenvalue weighted by Crippen LogP contribution is 2.28. The molecule has 0 radical (unpaired) electrons. The van der Waals surface area contributed by atoms with Crippen LogP contribution in [-0.4, -0.2) is 13.1 Å². The normalized spacial score (nSPS) is 10.0. The van der Waals surface area contributed by atoms with Gasteiger partial charge in [-0.3, -0.25) is 0 Å². The molecule has 0 saturated heterocycles. The number of methoxy groups -OCH3 is 1. The molecule has 2 rings (SSSR count). The maximum absolute atomic E-state index is 12.1. The first kappa shape index (κ1) is 15.2. The molecule has 0 fully saturated rings. The fourth-order valence-corrected chi connectivity index (χ4v) is 2.37. The zero-order valence-corrected chi connectivity index (χ0v) is 13.3. The zero-order chi connectivity index (χ0) is 15.4. The van der Waals surface area contributed by atoms with Crippen LogP contribution in [0.2, 0.25) is 0 Å². The highest BCUT2D eigenvalue weighted by atomic mass is 79.9. The van der Waals surface area contributed by atoms with Gasteiger partial charge in [0.05, 0.1) is 18.5 Å². The molecule has 0 aliphatic rings. The van der Waals surface area contributed by atoms with Crippen LogP contribution in [0.1, 0.15) is 5.56 Å². The van der Waals surface area contributed by atoms with Crippen molar-refractivity contribution in [3.05, 3.63) is 46.4 Å². The number of nitrogen functional groups attached to an aromatic ring is 1. The predicted molar refractivity (Wildman–Crippen MR) is 88.9 cm³/mol. The number of ether oxygens (including phenoxy) is 1. The maximum atomic E-state index is 12.1. The molecular formula is C15H16BrN3O2. The van der Waals surface area contributed by atoms with Crippen LogP contribution in [0.15, 0.2) is 40.9 Å². The Hall–Kier alpha value is -2.21. The number of benzene rings is 2. The number of amides is 2. The number of carbonyl (C=O) groups excluding carboxylic acids is 1. The molecule has 0 atom stereocenters. The number of hydrogen-bond acceptors (Lipinski definition) is 3. The van der Waals surface area contributed by atoms with Crippen molar-refractivity contribution in [1.29, 1.82) is 0 Å². The van der Waals surface area contributed by atoms with E-state index in [1.165, 1.54) is 0 Å². The lowest BCUT2D eigenvalue weighted by atomic mass is 10.2. The summed E-state index contributed by atoms with van der Waals surface area (Å²) in [6, 6.07) is 10.4. The Bertz CT molecular complexity index is 674. The smallest absolute Gasteiger partial charge is 0.323 e. The Kier molecular flexibility index (Phi) is 4.70. The van der Waals surface area contributed by atoms with Crippen molar-refractivity contribution in [1.82, 2.24) is 0 Å². The fourth-order valence-electron chi connectivity index (χ4n) is 1.81. The number of para-hydroxylation sites is 2. The summed E-state index contributed by atoms with van der Waals surface area (Å²) in [4.78, 5) is 12.1. The molecule has 21 heavy (non-hydrogen) atoms. The molecule has 0 unspecified atom stereocenters. The second-order valence-corrected chi connectivity index (χ2v) is 5.32. The van der Waals surface area contributed by atoms with Crippen molar-refractivity contribution in [2.24, 2.45) is 0 Å². The van der Waals surface area contributed by atoms with Crippen LogP contribution in [0, 0.1) is 6.92 Å². The van der Waals surface area contributed by atoms with Crippen LogP contribution >= 0.6 is 15.9 Å². The van der Waals surface area contributed by atoms with E-state index in [1.54, 1.807) is 25.3 Å². The van der Waals surface area contributed by atoms with E-state index in [-0.39, 0.29) is 6.03 Å². The maximum Gasteiger partial charge on any atom is 0.323 e. The van der Waals surface area contributed by atoms with Gasteiger partial charge in [0.25, 0.3) is 0 Å². The van der Waals surface area contributed by atoms with Gasteiger partial charge in [0.2, 0.25) is 0 Å². The molecule has 2 aromatic rings. The van der Waals surface area contributed by atoms with E-state index in [0.717, 1.165) is 10.0 Å². The number of nitrogens with two attached hydrogens (primary N) is 1. The monoisotopic (exact) mass is 349 g/mol. The number of anilines is 3. The SMILES string of the molecule is COc1ccccc1NC(=O)Nc1cc(N)c(C)cc1Br. The molecule has 2 aromatic carbocycles. The van der Waals surface area contributed by atoms with E-state index in [2.05, 4.69) is 26.6 Å². The Balaban J connectivity index is 2.14. The van der Waals surface area contributed by atoms with Gasteiger partial charge in [-0.2, -0.15) is 0 Å². The number of hydrogen-bond donors (Lipinski definition) is 3. The van der Waals surface area contributed by atoms with E-state index in [4.69, 9.17) is 10.5 Å². The number of nitrogens with one attached hydrogen (secondary N) is 2. The summed E-state index contributed by atoms with van der Waals surface area (Å²) in [6.45, 7) is 1.90. The largest absolute Gasteiger partial charge is 0.495 e. The van der Waals surface area contributed by atoms with Crippen molar-refractivity contribution in [2.45, 2.75) is 6.92 Å². The average Bonchev–Trinajstić information content (AvgIpc) is 2.45. The van der Waals surface area contributed by atoms with Gasteiger partial charge in [-0.25, -0.2) is 4.79 Å². The molecule has 2 amide bonds. The van der Waals surface area contributed by atoms with Crippen LogP contribution in [0.25, 0.3) is 0 Å². The first-order chi connectivity index (χ1) is 10.0. The van der Waals surface area contributed by atoms with Crippen molar-refractivity contribution >= 4 is 39.0 Å². The van der Waals surface area contributed by atoms with Crippen LogP contribution in [-0.2, 0) is 0 Å². The molecular weight excluding hydrogens is 334 g/mol. The van der Waals surface area contributed by atoms with Gasteiger partial charge in [-0.1, -0.05) is 12.1 Å². The minimum absolute atomic E-state index is 0.372. The summed E-state index contributed by atoms with van der Waals surface area (Å²) in [7, 11) is 1.55. The fraction of sp³-hybridized carbons (Fsp3) is 0.133. The quantitative estimate of drug-likeness (QED) is 0.733. The van der Waals surface area contributed by atoms with Gasteiger partial charge in [-0.15, -0.1) is 0 Å². The first-order valence-electron chi connectivity index (χ1n) is 6.28. The lowest BCUT2D eigenvalue weighted by Gasteiger charge is -2.13. The van der Waals surface area contributed by atoms with Crippen molar-refractivity contribution < 1.29 is 9.53 Å². The van der Waals surface area contributed by atoms with Gasteiger partial charge >= 0.3 is 6.03 Å². The number of urea groups is 1. The molecule has 6 heteroatoms. The van der Waals surface area contributed by atoms with Gasteiger partial charge in [0.15, 0.2) is 0 Å². The Morgan fingerprint density at radius 2 is 1.86 bits per heavy atom. The van der Waals surface area contributed by atoms with E-state index in [9.17, 15) is 4.79 Å². The number of halogens is 1. The Labute approximate surface area is 131 Å². The summed E-state index contributed by atoms with van der Waals surface area (Å²) in [5.74, 6) is 0.593. The summed E-state index contributed by atoms with van der Waals surface area (Å²) in [6.07, 6.45) is 0. The summed E-state index contributed by atoms with van der Waals surface area (Å²) < 4.78 is 5.95. The van der Waals surface area contributed by atoms with E-state index < -0.39 is 0 Å². The molecule has 0 saturated carbocycles. The molecule has 0 aliphatic heterocycles. The van der Waals surface area contributed by atoms with Crippen LogP contribution < -0.4 is 21.1 Å². The molecule has 110 valence electrons. The topological polar surface area (TPSA) is 76.4 Å². The highest BCUT2D eigenvalue weighted by molar-refractivity contribution is 9.10. The predicted octanol–water partition coefficient (Wildman–Crippen LogP) is 3.99. The Morgan fingerprint density at radius 1 is 1.19 bits per heavy atom. The minimum atomic E-state index is -0.372. The molecule has 0 spiro atoms. The van der Waals surface area contributed by atoms with E-state index >= 15 is 0 Å². The molecule has 0 bridgehead atoms. The van der Waals surface area contributed by atoms with E-state index in [0.29, 0.717) is 22.8 Å². The van der Waals surface area contributed by atoms with E-state index in [1.807, 2.05) is 25.1 Å².